The van der Waals surface area contributed by atoms with E-state index in [2.05, 4.69) is 5.32 Å². The van der Waals surface area contributed by atoms with Crippen molar-refractivity contribution in [3.05, 3.63) is 35.6 Å². The molecule has 0 bridgehead atoms. The van der Waals surface area contributed by atoms with Crippen molar-refractivity contribution in [1.29, 1.82) is 0 Å². The summed E-state index contributed by atoms with van der Waals surface area (Å²) in [6, 6.07) is 5.94. The molecular formula is C18H21FN2O4. The van der Waals surface area contributed by atoms with Gasteiger partial charge in [0.05, 0.1) is 0 Å². The zero-order valence-corrected chi connectivity index (χ0v) is 13.8. The van der Waals surface area contributed by atoms with Gasteiger partial charge >= 0.3 is 5.97 Å². The largest absolute Gasteiger partial charge is 0.480 e. The van der Waals surface area contributed by atoms with Gasteiger partial charge in [-0.3, -0.25) is 14.4 Å². The van der Waals surface area contributed by atoms with Gasteiger partial charge in [-0.2, -0.15) is 0 Å². The fourth-order valence-electron chi connectivity index (χ4n) is 3.23. The van der Waals surface area contributed by atoms with Crippen molar-refractivity contribution in [3.8, 4) is 0 Å². The van der Waals surface area contributed by atoms with Crippen molar-refractivity contribution >= 4 is 17.8 Å². The molecule has 1 aromatic carbocycles. The van der Waals surface area contributed by atoms with Crippen molar-refractivity contribution in [3.63, 3.8) is 0 Å². The summed E-state index contributed by atoms with van der Waals surface area (Å²) in [6.07, 6.45) is 1.85. The third kappa shape index (κ3) is 3.65. The first-order valence-electron chi connectivity index (χ1n) is 8.47. The molecular weight excluding hydrogens is 327 g/mol. The van der Waals surface area contributed by atoms with Crippen molar-refractivity contribution in [2.45, 2.75) is 32.2 Å². The standard InChI is InChI=1S/C18H21FN2O4/c19-14-3-1-12(2-4-14)11-20-15(22)13-5-9-21(10-6-13)16(23)18(7-8-18)17(24)25/h1-4,13H,5-11H2,(H,20,22)(H,24,25). The molecule has 1 heterocycles. The van der Waals surface area contributed by atoms with Crippen LogP contribution in [0.1, 0.15) is 31.2 Å². The number of carboxylic acid groups (broad SMARTS) is 1. The Morgan fingerprint density at radius 1 is 1.16 bits per heavy atom. The lowest BCUT2D eigenvalue weighted by atomic mass is 9.94. The maximum absolute atomic E-state index is 12.9. The van der Waals surface area contributed by atoms with Crippen LogP contribution in [-0.4, -0.2) is 40.9 Å². The summed E-state index contributed by atoms with van der Waals surface area (Å²) in [7, 11) is 0. The highest BCUT2D eigenvalue weighted by Gasteiger charge is 2.58. The van der Waals surface area contributed by atoms with Crippen molar-refractivity contribution in [1.82, 2.24) is 10.2 Å². The van der Waals surface area contributed by atoms with Gasteiger partial charge in [-0.05, 0) is 43.4 Å². The molecule has 0 spiro atoms. The molecule has 2 fully saturated rings. The molecule has 1 saturated carbocycles. The van der Waals surface area contributed by atoms with Gasteiger partial charge in [0, 0.05) is 25.6 Å². The number of rotatable bonds is 5. The maximum atomic E-state index is 12.9. The monoisotopic (exact) mass is 348 g/mol. The summed E-state index contributed by atoms with van der Waals surface area (Å²) in [4.78, 5) is 37.4. The topological polar surface area (TPSA) is 86.7 Å². The maximum Gasteiger partial charge on any atom is 0.319 e. The Kier molecular flexibility index (Phi) is 4.74. The van der Waals surface area contributed by atoms with Crippen LogP contribution < -0.4 is 5.32 Å². The van der Waals surface area contributed by atoms with Crippen LogP contribution in [0.5, 0.6) is 0 Å². The molecule has 0 unspecified atom stereocenters. The number of amides is 2. The van der Waals surface area contributed by atoms with Gasteiger partial charge in [0.25, 0.3) is 0 Å². The second kappa shape index (κ2) is 6.82. The summed E-state index contributed by atoms with van der Waals surface area (Å²) in [6.45, 7) is 1.14. The second-order valence-corrected chi connectivity index (χ2v) is 6.80. The zero-order chi connectivity index (χ0) is 18.0. The predicted octanol–water partition coefficient (Wildman–Crippen LogP) is 1.55. The summed E-state index contributed by atoms with van der Waals surface area (Å²) >= 11 is 0. The van der Waals surface area contributed by atoms with Gasteiger partial charge in [0.2, 0.25) is 11.8 Å². The second-order valence-electron chi connectivity index (χ2n) is 6.80. The van der Waals surface area contributed by atoms with E-state index in [0.29, 0.717) is 45.3 Å². The summed E-state index contributed by atoms with van der Waals surface area (Å²) < 4.78 is 12.9. The lowest BCUT2D eigenvalue weighted by Gasteiger charge is -2.33. The van der Waals surface area contributed by atoms with E-state index in [1.165, 1.54) is 12.1 Å². The Morgan fingerprint density at radius 3 is 2.28 bits per heavy atom. The number of hydrogen-bond acceptors (Lipinski definition) is 3. The number of nitrogens with zero attached hydrogens (tertiary/aromatic N) is 1. The molecule has 0 atom stereocenters. The third-order valence-corrected chi connectivity index (χ3v) is 5.10. The number of aliphatic carboxylic acids is 1. The quantitative estimate of drug-likeness (QED) is 0.791. The Morgan fingerprint density at radius 2 is 1.76 bits per heavy atom. The first kappa shape index (κ1) is 17.4. The van der Waals surface area contributed by atoms with Crippen LogP contribution in [0, 0.1) is 17.2 Å². The van der Waals surface area contributed by atoms with Crippen LogP contribution in [0.2, 0.25) is 0 Å². The average Bonchev–Trinajstić information content (AvgIpc) is 3.42. The fraction of sp³-hybridized carbons (Fsp3) is 0.500. The number of piperidine rings is 1. The number of carbonyl (C=O) groups is 3. The SMILES string of the molecule is O=C(NCc1ccc(F)cc1)C1CCN(C(=O)C2(C(=O)O)CC2)CC1. The molecule has 25 heavy (non-hydrogen) atoms. The molecule has 2 amide bonds. The van der Waals surface area contributed by atoms with E-state index in [4.69, 9.17) is 0 Å². The number of carbonyl (C=O) groups excluding carboxylic acids is 2. The number of halogens is 1. The van der Waals surface area contributed by atoms with Crippen LogP contribution in [0.15, 0.2) is 24.3 Å². The molecule has 1 saturated heterocycles. The minimum absolute atomic E-state index is 0.0872. The molecule has 2 aliphatic rings. The highest BCUT2D eigenvalue weighted by Crippen LogP contribution is 2.47. The van der Waals surface area contributed by atoms with Crippen LogP contribution >= 0.6 is 0 Å². The molecule has 134 valence electrons. The lowest BCUT2D eigenvalue weighted by Crippen LogP contribution is -2.47. The Bertz CT molecular complexity index is 677. The minimum Gasteiger partial charge on any atom is -0.480 e. The number of nitrogens with one attached hydrogen (secondary N) is 1. The number of carboxylic acids is 1. The van der Waals surface area contributed by atoms with E-state index in [-0.39, 0.29) is 23.5 Å². The highest BCUT2D eigenvalue weighted by atomic mass is 19.1. The number of benzene rings is 1. The van der Waals surface area contributed by atoms with Gasteiger partial charge in [-0.1, -0.05) is 12.1 Å². The highest BCUT2D eigenvalue weighted by molar-refractivity contribution is 6.04. The van der Waals surface area contributed by atoms with Crippen LogP contribution in [-0.2, 0) is 20.9 Å². The molecule has 2 N–H and O–H groups in total. The smallest absolute Gasteiger partial charge is 0.319 e. The predicted molar refractivity (Wildman–Crippen MR) is 86.9 cm³/mol. The van der Waals surface area contributed by atoms with E-state index in [1.54, 1.807) is 17.0 Å². The Hall–Kier alpha value is -2.44. The normalized spacial score (nSPS) is 19.3. The van der Waals surface area contributed by atoms with E-state index in [1.807, 2.05) is 0 Å². The van der Waals surface area contributed by atoms with E-state index < -0.39 is 11.4 Å². The first-order chi connectivity index (χ1) is 11.9. The number of likely N-dealkylation sites (tertiary alicyclic amines) is 1. The van der Waals surface area contributed by atoms with Crippen LogP contribution in [0.25, 0.3) is 0 Å². The van der Waals surface area contributed by atoms with E-state index >= 15 is 0 Å². The Labute approximate surface area is 145 Å². The molecule has 0 aromatic heterocycles. The van der Waals surface area contributed by atoms with Gasteiger partial charge in [-0.15, -0.1) is 0 Å². The van der Waals surface area contributed by atoms with Gasteiger partial charge < -0.3 is 15.3 Å². The number of hydrogen-bond donors (Lipinski definition) is 2. The molecule has 1 aromatic rings. The molecule has 1 aliphatic carbocycles. The molecule has 7 heteroatoms. The Balaban J connectivity index is 1.47. The van der Waals surface area contributed by atoms with Crippen molar-refractivity contribution < 1.29 is 23.9 Å². The van der Waals surface area contributed by atoms with Crippen LogP contribution in [0.4, 0.5) is 4.39 Å². The van der Waals surface area contributed by atoms with Gasteiger partial charge in [-0.25, -0.2) is 4.39 Å². The van der Waals surface area contributed by atoms with E-state index in [9.17, 15) is 23.9 Å². The molecule has 3 rings (SSSR count). The van der Waals surface area contributed by atoms with Gasteiger partial charge in [0.15, 0.2) is 0 Å². The third-order valence-electron chi connectivity index (χ3n) is 5.10. The average molecular weight is 348 g/mol. The van der Waals surface area contributed by atoms with Crippen molar-refractivity contribution in [2.75, 3.05) is 13.1 Å². The lowest BCUT2D eigenvalue weighted by molar-refractivity contribution is -0.154. The minimum atomic E-state index is -1.21. The first-order valence-corrected chi connectivity index (χ1v) is 8.47. The van der Waals surface area contributed by atoms with Crippen LogP contribution in [0.3, 0.4) is 0 Å². The molecule has 1 aliphatic heterocycles. The zero-order valence-electron chi connectivity index (χ0n) is 13.8. The molecule has 6 nitrogen and oxygen atoms in total. The summed E-state index contributed by atoms with van der Waals surface area (Å²) in [5.74, 6) is -1.95. The fourth-order valence-corrected chi connectivity index (χ4v) is 3.23. The summed E-state index contributed by atoms with van der Waals surface area (Å²) in [5, 5.41) is 12.0. The van der Waals surface area contributed by atoms with Crippen molar-refractivity contribution in [2.24, 2.45) is 11.3 Å². The molecule has 0 radical (unpaired) electrons. The van der Waals surface area contributed by atoms with Gasteiger partial charge in [0.1, 0.15) is 11.2 Å². The summed E-state index contributed by atoms with van der Waals surface area (Å²) in [5.41, 5.74) is -0.392. The van der Waals surface area contributed by atoms with E-state index in [0.717, 1.165) is 5.56 Å².